The third-order valence-corrected chi connectivity index (χ3v) is 7.43. The summed E-state index contributed by atoms with van der Waals surface area (Å²) in [6, 6.07) is 4.63. The van der Waals surface area contributed by atoms with E-state index in [4.69, 9.17) is 9.47 Å². The Hall–Kier alpha value is -1.86. The van der Waals surface area contributed by atoms with Gasteiger partial charge < -0.3 is 19.9 Å². The van der Waals surface area contributed by atoms with Crippen molar-refractivity contribution in [3.63, 3.8) is 0 Å². The average Bonchev–Trinajstić information content (AvgIpc) is 3.10. The van der Waals surface area contributed by atoms with Crippen LogP contribution in [-0.2, 0) is 4.74 Å². The lowest BCUT2D eigenvalue weighted by Crippen LogP contribution is -2.58. The number of rotatable bonds is 6. The first-order chi connectivity index (χ1) is 14.3. The van der Waals surface area contributed by atoms with Crippen molar-refractivity contribution >= 4 is 6.09 Å². The first kappa shape index (κ1) is 21.4. The van der Waals surface area contributed by atoms with E-state index in [1.165, 1.54) is 12.1 Å². The monoisotopic (exact) mass is 420 g/mol. The van der Waals surface area contributed by atoms with Gasteiger partial charge in [0.1, 0.15) is 24.4 Å². The lowest BCUT2D eigenvalue weighted by Gasteiger charge is -2.49. The minimum atomic E-state index is -0.470. The number of nitrogens with zero attached hydrogens (tertiary/aromatic N) is 1. The number of carbonyl (C=O) groups is 1. The number of halogens is 1. The summed E-state index contributed by atoms with van der Waals surface area (Å²) in [7, 11) is 0. The van der Waals surface area contributed by atoms with Gasteiger partial charge in [-0.3, -0.25) is 4.90 Å². The molecule has 2 aliphatic heterocycles. The molecule has 3 fully saturated rings. The average molecular weight is 421 g/mol. The van der Waals surface area contributed by atoms with Crippen LogP contribution in [0.2, 0.25) is 0 Å². The summed E-state index contributed by atoms with van der Waals surface area (Å²) in [4.78, 5) is 13.5. The van der Waals surface area contributed by atoms with Crippen molar-refractivity contribution in [3.8, 4) is 5.75 Å². The number of carbonyl (C=O) groups excluding carboxylic acids is 1. The Kier molecular flexibility index (Phi) is 5.95. The Morgan fingerprint density at radius 2 is 1.97 bits per heavy atom. The molecule has 1 aromatic carbocycles. The van der Waals surface area contributed by atoms with E-state index in [1.54, 1.807) is 6.07 Å². The van der Waals surface area contributed by atoms with Crippen LogP contribution in [0, 0.1) is 30.5 Å². The molecular weight excluding hydrogens is 387 g/mol. The molecule has 30 heavy (non-hydrogen) atoms. The highest BCUT2D eigenvalue weighted by atomic mass is 19.1. The van der Waals surface area contributed by atoms with Gasteiger partial charge in [0, 0.05) is 13.1 Å². The summed E-state index contributed by atoms with van der Waals surface area (Å²) in [5.41, 5.74) is 0.610. The SMILES string of the molecule is Cc1cc(F)ccc1OC(C)C1CCN(C(O)C(C)[C@H]2C[C@]3(COC(=O)N3)C2)CC1. The molecule has 0 bridgehead atoms. The number of aryl methyl sites for hydroxylation is 1. The Morgan fingerprint density at radius 3 is 2.57 bits per heavy atom. The molecule has 1 spiro atoms. The number of likely N-dealkylation sites (tertiary alicyclic amines) is 1. The van der Waals surface area contributed by atoms with Gasteiger partial charge in [-0.1, -0.05) is 6.92 Å². The number of aliphatic hydroxyl groups excluding tert-OH is 1. The number of hydrogen-bond acceptors (Lipinski definition) is 5. The molecule has 2 heterocycles. The molecule has 2 N–H and O–H groups in total. The minimum absolute atomic E-state index is 0.0448. The maximum absolute atomic E-state index is 13.3. The second kappa shape index (κ2) is 8.35. The number of aliphatic hydroxyl groups is 1. The molecule has 1 aliphatic carbocycles. The minimum Gasteiger partial charge on any atom is -0.490 e. The summed E-state index contributed by atoms with van der Waals surface area (Å²) in [5, 5.41) is 13.8. The number of ether oxygens (including phenoxy) is 2. The fraction of sp³-hybridized carbons (Fsp3) is 0.696. The van der Waals surface area contributed by atoms with Crippen molar-refractivity contribution < 1.29 is 23.8 Å². The van der Waals surface area contributed by atoms with Crippen LogP contribution < -0.4 is 10.1 Å². The number of nitrogens with one attached hydrogen (secondary N) is 1. The lowest BCUT2D eigenvalue weighted by molar-refractivity contribution is -0.0933. The summed E-state index contributed by atoms with van der Waals surface area (Å²) in [5.74, 6) is 1.45. The van der Waals surface area contributed by atoms with Gasteiger partial charge in [0.05, 0.1) is 11.6 Å². The highest BCUT2D eigenvalue weighted by molar-refractivity contribution is 5.71. The quantitative estimate of drug-likeness (QED) is 0.738. The molecule has 1 saturated carbocycles. The summed E-state index contributed by atoms with van der Waals surface area (Å²) in [6.07, 6.45) is 2.92. The molecule has 3 aliphatic rings. The zero-order chi connectivity index (χ0) is 21.5. The Labute approximate surface area is 177 Å². The van der Waals surface area contributed by atoms with Gasteiger partial charge in [-0.15, -0.1) is 0 Å². The largest absolute Gasteiger partial charge is 0.490 e. The van der Waals surface area contributed by atoms with Gasteiger partial charge in [0.2, 0.25) is 0 Å². The van der Waals surface area contributed by atoms with Crippen LogP contribution in [0.25, 0.3) is 0 Å². The molecule has 166 valence electrons. The van der Waals surface area contributed by atoms with Crippen LogP contribution in [0.15, 0.2) is 18.2 Å². The van der Waals surface area contributed by atoms with E-state index in [1.807, 2.05) is 6.92 Å². The number of benzene rings is 1. The standard InChI is InChI=1S/C23H33FN2O4/c1-14-10-19(24)4-5-20(14)30-16(3)17-6-8-26(9-7-17)21(27)15(2)18-11-23(12-18)13-29-22(28)25-23/h4-5,10,15-18,21,27H,6-9,11-13H2,1-3H3,(H,25,28)/t15?,16?,18-,21?,23+. The Balaban J connectivity index is 1.24. The summed E-state index contributed by atoms with van der Waals surface area (Å²) >= 11 is 0. The van der Waals surface area contributed by atoms with Gasteiger partial charge in [0.25, 0.3) is 0 Å². The molecule has 6 nitrogen and oxygen atoms in total. The smallest absolute Gasteiger partial charge is 0.407 e. The van der Waals surface area contributed by atoms with Gasteiger partial charge in [-0.25, -0.2) is 9.18 Å². The van der Waals surface area contributed by atoms with E-state index in [9.17, 15) is 14.3 Å². The lowest BCUT2D eigenvalue weighted by atomic mass is 9.63. The topological polar surface area (TPSA) is 71.0 Å². The zero-order valence-corrected chi connectivity index (χ0v) is 18.1. The van der Waals surface area contributed by atoms with Crippen molar-refractivity contribution in [2.75, 3.05) is 19.7 Å². The molecule has 0 aromatic heterocycles. The predicted octanol–water partition coefficient (Wildman–Crippen LogP) is 3.46. The van der Waals surface area contributed by atoms with Crippen LogP contribution in [-0.4, -0.2) is 53.7 Å². The van der Waals surface area contributed by atoms with Crippen molar-refractivity contribution in [2.24, 2.45) is 17.8 Å². The van der Waals surface area contributed by atoms with Crippen molar-refractivity contribution in [3.05, 3.63) is 29.6 Å². The van der Waals surface area contributed by atoms with Gasteiger partial charge in [-0.05, 0) is 81.0 Å². The molecular formula is C23H33FN2O4. The highest BCUT2D eigenvalue weighted by Gasteiger charge is 2.52. The van der Waals surface area contributed by atoms with Crippen LogP contribution in [0.5, 0.6) is 5.75 Å². The number of hydrogen-bond donors (Lipinski definition) is 2. The maximum Gasteiger partial charge on any atom is 0.407 e. The number of amides is 1. The van der Waals surface area contributed by atoms with Crippen LogP contribution >= 0.6 is 0 Å². The molecule has 7 heteroatoms. The van der Waals surface area contributed by atoms with E-state index in [0.29, 0.717) is 18.4 Å². The molecule has 1 aromatic rings. The van der Waals surface area contributed by atoms with Crippen LogP contribution in [0.1, 0.15) is 45.1 Å². The molecule has 1 amide bonds. The third kappa shape index (κ3) is 4.28. The summed E-state index contributed by atoms with van der Waals surface area (Å²) < 4.78 is 24.5. The molecule has 4 rings (SSSR count). The number of alkyl carbamates (subject to hydrolysis) is 1. The van der Waals surface area contributed by atoms with Crippen LogP contribution in [0.4, 0.5) is 9.18 Å². The number of piperidine rings is 1. The Bertz CT molecular complexity index is 774. The van der Waals surface area contributed by atoms with E-state index < -0.39 is 6.23 Å². The first-order valence-electron chi connectivity index (χ1n) is 11.1. The molecule has 2 saturated heterocycles. The molecule has 0 radical (unpaired) electrons. The van der Waals surface area contributed by atoms with Crippen LogP contribution in [0.3, 0.4) is 0 Å². The predicted molar refractivity (Wildman–Crippen MR) is 111 cm³/mol. The van der Waals surface area contributed by atoms with E-state index in [0.717, 1.165) is 50.1 Å². The number of cyclic esters (lactones) is 1. The Morgan fingerprint density at radius 1 is 1.27 bits per heavy atom. The molecule has 3 atom stereocenters. The third-order valence-electron chi connectivity index (χ3n) is 7.43. The normalized spacial score (nSPS) is 30.3. The van der Waals surface area contributed by atoms with E-state index in [2.05, 4.69) is 24.1 Å². The zero-order valence-electron chi connectivity index (χ0n) is 18.1. The van der Waals surface area contributed by atoms with E-state index >= 15 is 0 Å². The van der Waals surface area contributed by atoms with Gasteiger partial charge in [-0.2, -0.15) is 0 Å². The first-order valence-corrected chi connectivity index (χ1v) is 11.1. The fourth-order valence-electron chi connectivity index (χ4n) is 5.30. The van der Waals surface area contributed by atoms with Crippen molar-refractivity contribution in [1.29, 1.82) is 0 Å². The molecule has 3 unspecified atom stereocenters. The highest BCUT2D eigenvalue weighted by Crippen LogP contribution is 2.45. The van der Waals surface area contributed by atoms with Crippen molar-refractivity contribution in [1.82, 2.24) is 10.2 Å². The summed E-state index contributed by atoms with van der Waals surface area (Å²) in [6.45, 7) is 8.16. The van der Waals surface area contributed by atoms with Crippen molar-refractivity contribution in [2.45, 2.75) is 64.3 Å². The fourth-order valence-corrected chi connectivity index (χ4v) is 5.30. The van der Waals surface area contributed by atoms with E-state index in [-0.39, 0.29) is 29.5 Å². The second-order valence-electron chi connectivity index (χ2n) is 9.53. The van der Waals surface area contributed by atoms with Gasteiger partial charge in [0.15, 0.2) is 0 Å². The second-order valence-corrected chi connectivity index (χ2v) is 9.53. The maximum atomic E-state index is 13.3. The van der Waals surface area contributed by atoms with Gasteiger partial charge >= 0.3 is 6.09 Å².